The zero-order chi connectivity index (χ0) is 25.7. The lowest BCUT2D eigenvalue weighted by molar-refractivity contribution is -0.211. The van der Waals surface area contributed by atoms with Crippen molar-refractivity contribution in [3.8, 4) is 0 Å². The van der Waals surface area contributed by atoms with Crippen molar-refractivity contribution in [3.05, 3.63) is 11.6 Å². The van der Waals surface area contributed by atoms with Crippen LogP contribution in [0.1, 0.15) is 46.5 Å². The van der Waals surface area contributed by atoms with Crippen LogP contribution in [0, 0.1) is 28.6 Å². The van der Waals surface area contributed by atoms with E-state index in [1.54, 1.807) is 6.08 Å². The van der Waals surface area contributed by atoms with Crippen molar-refractivity contribution in [1.82, 2.24) is 0 Å². The second-order valence-corrected chi connectivity index (χ2v) is 10.5. The van der Waals surface area contributed by atoms with E-state index in [1.165, 1.54) is 28.3 Å². The van der Waals surface area contributed by atoms with E-state index >= 15 is 0 Å². The quantitative estimate of drug-likeness (QED) is 0.318. The highest BCUT2D eigenvalue weighted by Gasteiger charge is 2.68. The van der Waals surface area contributed by atoms with Crippen LogP contribution in [0.5, 0.6) is 0 Å². The maximum absolute atomic E-state index is 13.9. The van der Waals surface area contributed by atoms with Crippen LogP contribution in [0.15, 0.2) is 11.6 Å². The molecule has 0 unspecified atom stereocenters. The highest BCUT2D eigenvalue weighted by atomic mass is 16.8. The normalized spacial score (nSPS) is 42.9. The predicted molar refractivity (Wildman–Crippen MR) is 118 cm³/mol. The summed E-state index contributed by atoms with van der Waals surface area (Å²) in [4.78, 5) is 51.9. The second kappa shape index (κ2) is 9.29. The monoisotopic (exact) mass is 494 g/mol. The Morgan fingerprint density at radius 3 is 2.40 bits per heavy atom. The van der Waals surface area contributed by atoms with Crippen LogP contribution < -0.4 is 0 Å². The van der Waals surface area contributed by atoms with Crippen molar-refractivity contribution in [2.45, 2.75) is 71.2 Å². The van der Waals surface area contributed by atoms with E-state index in [0.717, 1.165) is 0 Å². The summed E-state index contributed by atoms with van der Waals surface area (Å²) in [5, 5.41) is 0. The molecular formula is C25H34O10. The fourth-order valence-corrected chi connectivity index (χ4v) is 7.06. The highest BCUT2D eigenvalue weighted by molar-refractivity contribution is 5.93. The van der Waals surface area contributed by atoms with Crippen LogP contribution in [0.25, 0.3) is 0 Å². The summed E-state index contributed by atoms with van der Waals surface area (Å²) in [7, 11) is 4.29. The van der Waals surface area contributed by atoms with Crippen LogP contribution in [0.3, 0.4) is 0 Å². The summed E-state index contributed by atoms with van der Waals surface area (Å²) < 4.78 is 32.7. The number of ether oxygens (including phenoxy) is 6. The van der Waals surface area contributed by atoms with E-state index in [9.17, 15) is 19.2 Å². The van der Waals surface area contributed by atoms with Crippen molar-refractivity contribution in [3.63, 3.8) is 0 Å². The third-order valence-electron chi connectivity index (χ3n) is 8.57. The molecule has 194 valence electrons. The molecule has 2 heterocycles. The number of methoxy groups -OCH3 is 3. The van der Waals surface area contributed by atoms with E-state index in [1.807, 2.05) is 13.8 Å². The number of rotatable bonds is 5. The number of hydrogen-bond donors (Lipinski definition) is 0. The number of esters is 3. The summed E-state index contributed by atoms with van der Waals surface area (Å²) in [6, 6.07) is 0. The van der Waals surface area contributed by atoms with E-state index < -0.39 is 71.3 Å². The van der Waals surface area contributed by atoms with Gasteiger partial charge in [0.25, 0.3) is 0 Å². The maximum atomic E-state index is 13.9. The number of cyclic esters (lactones) is 1. The Bertz CT molecular complexity index is 943. The molecule has 0 amide bonds. The number of fused-ring (bicyclic) bond motifs is 3. The predicted octanol–water partition coefficient (Wildman–Crippen LogP) is 1.94. The van der Waals surface area contributed by atoms with Gasteiger partial charge in [-0.05, 0) is 36.2 Å². The summed E-state index contributed by atoms with van der Waals surface area (Å²) in [6.07, 6.45) is -0.147. The minimum absolute atomic E-state index is 0.0625. The van der Waals surface area contributed by atoms with E-state index in [0.29, 0.717) is 24.8 Å². The number of Topliss-reactive ketones (excluding diaryl/α,β-unsaturated/α-hetero) is 1. The third kappa shape index (κ3) is 4.09. The fourth-order valence-electron chi connectivity index (χ4n) is 7.06. The fraction of sp³-hybridized carbons (Fsp3) is 0.760. The first-order chi connectivity index (χ1) is 16.5. The van der Waals surface area contributed by atoms with Gasteiger partial charge >= 0.3 is 17.9 Å². The van der Waals surface area contributed by atoms with Gasteiger partial charge in [0.2, 0.25) is 0 Å². The van der Waals surface area contributed by atoms with Crippen LogP contribution >= 0.6 is 0 Å². The smallest absolute Gasteiger partial charge is 0.310 e. The van der Waals surface area contributed by atoms with Gasteiger partial charge in [-0.15, -0.1) is 0 Å². The minimum Gasteiger partial charge on any atom is -0.469 e. The van der Waals surface area contributed by atoms with Crippen molar-refractivity contribution in [2.75, 3.05) is 21.3 Å². The van der Waals surface area contributed by atoms with E-state index in [2.05, 4.69) is 0 Å². The molecule has 0 radical (unpaired) electrons. The topological polar surface area (TPSA) is 124 Å². The number of carbonyl (C=O) groups excluding carboxylic acids is 4. The van der Waals surface area contributed by atoms with Crippen molar-refractivity contribution < 1.29 is 47.6 Å². The largest absolute Gasteiger partial charge is 0.469 e. The number of ketones is 1. The molecule has 2 aliphatic heterocycles. The highest BCUT2D eigenvalue weighted by Crippen LogP contribution is 2.64. The van der Waals surface area contributed by atoms with Gasteiger partial charge in [0, 0.05) is 39.1 Å². The molecule has 0 aromatic rings. The van der Waals surface area contributed by atoms with Crippen LogP contribution in [-0.2, 0) is 47.6 Å². The van der Waals surface area contributed by atoms with E-state index in [-0.39, 0.29) is 12.2 Å². The second-order valence-electron chi connectivity index (χ2n) is 10.5. The molecule has 1 saturated heterocycles. The summed E-state index contributed by atoms with van der Waals surface area (Å²) in [5.41, 5.74) is -1.02. The summed E-state index contributed by atoms with van der Waals surface area (Å²) in [6.45, 7) is 5.05. The van der Waals surface area contributed by atoms with Crippen LogP contribution in [-0.4, -0.2) is 69.8 Å². The molecule has 10 heteroatoms. The Balaban J connectivity index is 1.77. The molecule has 4 rings (SSSR count). The Kier molecular flexibility index (Phi) is 6.85. The van der Waals surface area contributed by atoms with E-state index in [4.69, 9.17) is 28.4 Å². The lowest BCUT2D eigenvalue weighted by Gasteiger charge is -2.61. The first-order valence-corrected chi connectivity index (χ1v) is 11.9. The molecule has 0 N–H and O–H groups in total. The standard InChI is InChI=1S/C25H34O10/c1-12(26)33-16-10-15(21(28)31-5)24(2)8-7-14-22(29)34-17(11-25(14,3)20(24)19(16)27)13-9-18(30-4)35-23(13)32-6/h9,14-18,20,23H,7-8,10-11H2,1-6H3/t14-,15-,16-,17-,18-,20-,23+,24-,25-/m0/s1. The Labute approximate surface area is 204 Å². The zero-order valence-corrected chi connectivity index (χ0v) is 21.0. The van der Waals surface area contributed by atoms with Crippen molar-refractivity contribution >= 4 is 23.7 Å². The Morgan fingerprint density at radius 1 is 1.09 bits per heavy atom. The van der Waals surface area contributed by atoms with Crippen molar-refractivity contribution in [2.24, 2.45) is 28.6 Å². The molecule has 2 aliphatic carbocycles. The lowest BCUT2D eigenvalue weighted by atomic mass is 9.43. The molecule has 0 spiro atoms. The molecular weight excluding hydrogens is 460 g/mol. The molecule has 10 nitrogen and oxygen atoms in total. The molecule has 0 aromatic carbocycles. The third-order valence-corrected chi connectivity index (χ3v) is 8.57. The minimum atomic E-state index is -1.08. The van der Waals surface area contributed by atoms with Gasteiger partial charge in [0.1, 0.15) is 6.10 Å². The Morgan fingerprint density at radius 2 is 1.80 bits per heavy atom. The molecule has 9 atom stereocenters. The SMILES string of the molecule is COC(=O)[C@@H]1C[C@H](OC(C)=O)C(=O)[C@H]2[C@@]1(C)CC[C@H]1C(=O)O[C@H](C3=C[C@@H](OC)O[C@H]3OC)C[C@]21C. The average molecular weight is 495 g/mol. The van der Waals surface area contributed by atoms with Gasteiger partial charge in [-0.1, -0.05) is 13.8 Å². The zero-order valence-electron chi connectivity index (χ0n) is 21.0. The lowest BCUT2D eigenvalue weighted by Crippen LogP contribution is -2.65. The molecule has 35 heavy (non-hydrogen) atoms. The first-order valence-electron chi connectivity index (χ1n) is 11.9. The van der Waals surface area contributed by atoms with Gasteiger partial charge < -0.3 is 28.4 Å². The van der Waals surface area contributed by atoms with Crippen LogP contribution in [0.2, 0.25) is 0 Å². The van der Waals surface area contributed by atoms with Crippen molar-refractivity contribution in [1.29, 1.82) is 0 Å². The van der Waals surface area contributed by atoms with Gasteiger partial charge in [0.15, 0.2) is 24.5 Å². The van der Waals surface area contributed by atoms with Crippen LogP contribution in [0.4, 0.5) is 0 Å². The first kappa shape index (κ1) is 25.8. The number of carbonyl (C=O) groups is 4. The molecule has 3 fully saturated rings. The van der Waals surface area contributed by atoms with Gasteiger partial charge in [-0.2, -0.15) is 0 Å². The van der Waals surface area contributed by atoms with Gasteiger partial charge in [-0.25, -0.2) is 0 Å². The summed E-state index contributed by atoms with van der Waals surface area (Å²) >= 11 is 0. The van der Waals surface area contributed by atoms with Gasteiger partial charge in [-0.3, -0.25) is 19.2 Å². The summed E-state index contributed by atoms with van der Waals surface area (Å²) in [5.74, 6) is -3.65. The molecule has 0 aromatic heterocycles. The molecule has 0 bridgehead atoms. The van der Waals surface area contributed by atoms with Gasteiger partial charge in [0.05, 0.1) is 18.9 Å². The Hall–Kier alpha value is -2.30. The maximum Gasteiger partial charge on any atom is 0.310 e. The molecule has 4 aliphatic rings. The number of hydrogen-bond acceptors (Lipinski definition) is 10. The average Bonchev–Trinajstić information content (AvgIpc) is 3.23. The molecule has 2 saturated carbocycles.